The average Bonchev–Trinajstić information content (AvgIpc) is 3.59. The Balaban J connectivity index is 1.10. The molecule has 204 valence electrons. The van der Waals surface area contributed by atoms with Crippen LogP contribution in [0.1, 0.15) is 30.5 Å². The fraction of sp³-hybridized carbons (Fsp3) is 0.538. The van der Waals surface area contributed by atoms with Crippen LogP contribution in [0, 0.1) is 11.6 Å². The van der Waals surface area contributed by atoms with Crippen molar-refractivity contribution in [1.29, 1.82) is 0 Å². The van der Waals surface area contributed by atoms with E-state index in [1.165, 1.54) is 12.1 Å². The maximum atomic E-state index is 14.8. The predicted molar refractivity (Wildman–Crippen MR) is 132 cm³/mol. The van der Waals surface area contributed by atoms with E-state index in [-0.39, 0.29) is 62.2 Å². The number of fused-ring (bicyclic) bond motifs is 2. The van der Waals surface area contributed by atoms with Crippen LogP contribution in [0.3, 0.4) is 0 Å². The quantitative estimate of drug-likeness (QED) is 0.438. The highest BCUT2D eigenvalue weighted by Gasteiger charge is 2.48. The van der Waals surface area contributed by atoms with E-state index in [4.69, 9.17) is 35.3 Å². The van der Waals surface area contributed by atoms with Crippen molar-refractivity contribution >= 4 is 22.8 Å². The summed E-state index contributed by atoms with van der Waals surface area (Å²) < 4.78 is 57.8. The lowest BCUT2D eigenvalue weighted by Crippen LogP contribution is -2.34. The van der Waals surface area contributed by atoms with Gasteiger partial charge in [0.05, 0.1) is 35.6 Å². The number of imidazole rings is 1. The third kappa shape index (κ3) is 5.30. The highest BCUT2D eigenvalue weighted by molar-refractivity contribution is 6.31. The fourth-order valence-corrected chi connectivity index (χ4v) is 5.37. The van der Waals surface area contributed by atoms with Crippen LogP contribution in [-0.4, -0.2) is 77.0 Å². The molecule has 5 atom stereocenters. The summed E-state index contributed by atoms with van der Waals surface area (Å²) in [5.74, 6) is -1.24. The van der Waals surface area contributed by atoms with Crippen LogP contribution in [0.2, 0.25) is 5.02 Å². The largest absolute Gasteiger partial charge is 0.491 e. The Bertz CT molecular complexity index is 1280. The van der Waals surface area contributed by atoms with Gasteiger partial charge in [0, 0.05) is 24.3 Å². The molecule has 3 fully saturated rings. The number of benzene rings is 1. The number of aliphatic hydroxyl groups excluding tert-OH is 1. The summed E-state index contributed by atoms with van der Waals surface area (Å²) >= 11 is 6.42. The number of aromatic nitrogens is 3. The normalized spacial score (nSPS) is 27.1. The molecular formula is C26H28ClF2N3O6. The second-order valence-corrected chi connectivity index (χ2v) is 10.2. The van der Waals surface area contributed by atoms with Gasteiger partial charge in [0.2, 0.25) is 0 Å². The summed E-state index contributed by atoms with van der Waals surface area (Å²) in [4.78, 5) is 11.9. The smallest absolute Gasteiger partial charge is 0.296 e. The van der Waals surface area contributed by atoms with Gasteiger partial charge in [0.1, 0.15) is 42.3 Å². The number of rotatable bonds is 8. The molecule has 3 aromatic rings. The second kappa shape index (κ2) is 10.9. The average molecular weight is 552 g/mol. The number of nitrogens with zero attached hydrogens (tertiary/aromatic N) is 2. The van der Waals surface area contributed by atoms with Gasteiger partial charge in [0.15, 0.2) is 11.8 Å². The first kappa shape index (κ1) is 25.7. The molecule has 0 radical (unpaired) electrons. The van der Waals surface area contributed by atoms with Crippen molar-refractivity contribution in [3.05, 3.63) is 46.1 Å². The van der Waals surface area contributed by atoms with E-state index < -0.39 is 29.9 Å². The van der Waals surface area contributed by atoms with E-state index in [9.17, 15) is 13.9 Å². The molecule has 0 bridgehead atoms. The molecule has 3 aliphatic heterocycles. The Kier molecular flexibility index (Phi) is 7.37. The monoisotopic (exact) mass is 551 g/mol. The minimum absolute atomic E-state index is 0.0534. The molecule has 0 aliphatic carbocycles. The van der Waals surface area contributed by atoms with Gasteiger partial charge in [-0.1, -0.05) is 11.6 Å². The van der Waals surface area contributed by atoms with Crippen LogP contribution in [0.5, 0.6) is 11.8 Å². The lowest BCUT2D eigenvalue weighted by molar-refractivity contribution is -0.0111. The van der Waals surface area contributed by atoms with Gasteiger partial charge < -0.3 is 33.8 Å². The summed E-state index contributed by atoms with van der Waals surface area (Å²) in [5.41, 5.74) is 1.30. The van der Waals surface area contributed by atoms with Crippen molar-refractivity contribution in [2.24, 2.45) is 0 Å². The molecule has 38 heavy (non-hydrogen) atoms. The van der Waals surface area contributed by atoms with Crippen molar-refractivity contribution in [2.45, 2.75) is 62.6 Å². The Morgan fingerprint density at radius 3 is 2.63 bits per heavy atom. The number of nitrogens with one attached hydrogen (secondary N) is 1. The molecule has 1 unspecified atom stereocenters. The zero-order chi connectivity index (χ0) is 26.2. The van der Waals surface area contributed by atoms with Crippen molar-refractivity contribution in [3.8, 4) is 11.8 Å². The number of pyridine rings is 1. The molecule has 2 aromatic heterocycles. The maximum Gasteiger partial charge on any atom is 0.296 e. The third-order valence-corrected chi connectivity index (χ3v) is 7.49. The summed E-state index contributed by atoms with van der Waals surface area (Å²) in [6.07, 6.45) is 1.24. The number of hydrogen-bond acceptors (Lipinski definition) is 8. The van der Waals surface area contributed by atoms with Gasteiger partial charge in [-0.05, 0) is 38.2 Å². The topological polar surface area (TPSA) is 108 Å². The van der Waals surface area contributed by atoms with Gasteiger partial charge in [0.25, 0.3) is 6.01 Å². The number of halogens is 3. The van der Waals surface area contributed by atoms with E-state index in [0.29, 0.717) is 28.5 Å². The standard InChI is InChI=1S/C26H28ClF2N3O6/c27-16-9-20-25(32-26(31-20)38-22-12-37-23-21(33)11-36-24(22)23)30-19(16)5-4-15-17(28)7-14(8-18(15)29)35-10-13-3-1-2-6-34-13/h7-9,13,21-24,33H,1-6,10-12H2,(H,30,31,32)/t13?,21-,22-,23-,24-/m1/s1. The molecular weight excluding hydrogens is 524 g/mol. The minimum atomic E-state index is -0.687. The van der Waals surface area contributed by atoms with E-state index in [1.807, 2.05) is 0 Å². The van der Waals surface area contributed by atoms with Crippen LogP contribution < -0.4 is 9.47 Å². The molecule has 0 spiro atoms. The highest BCUT2D eigenvalue weighted by atomic mass is 35.5. The molecule has 0 amide bonds. The Morgan fingerprint density at radius 2 is 1.84 bits per heavy atom. The molecule has 1 aromatic carbocycles. The predicted octanol–water partition coefficient (Wildman–Crippen LogP) is 3.53. The Morgan fingerprint density at radius 1 is 1.03 bits per heavy atom. The van der Waals surface area contributed by atoms with Gasteiger partial charge >= 0.3 is 0 Å². The number of ether oxygens (including phenoxy) is 5. The number of aliphatic hydroxyl groups is 1. The Hall–Kier alpha value is -2.57. The molecule has 0 saturated carbocycles. The van der Waals surface area contributed by atoms with Crippen molar-refractivity contribution in [3.63, 3.8) is 0 Å². The first-order valence-electron chi connectivity index (χ1n) is 12.8. The second-order valence-electron chi connectivity index (χ2n) is 9.81. The molecule has 5 heterocycles. The molecule has 2 N–H and O–H groups in total. The molecule has 12 heteroatoms. The lowest BCUT2D eigenvalue weighted by Gasteiger charge is -2.22. The number of aromatic amines is 1. The molecule has 9 nitrogen and oxygen atoms in total. The number of H-pyrrole nitrogens is 1. The van der Waals surface area contributed by atoms with E-state index >= 15 is 0 Å². The minimum Gasteiger partial charge on any atom is -0.491 e. The Labute approximate surface area is 222 Å². The van der Waals surface area contributed by atoms with Crippen LogP contribution in [0.25, 0.3) is 11.2 Å². The number of hydrogen-bond donors (Lipinski definition) is 2. The molecule has 3 aliphatic rings. The van der Waals surface area contributed by atoms with Crippen molar-refractivity contribution in [1.82, 2.24) is 15.0 Å². The first-order chi connectivity index (χ1) is 18.4. The summed E-state index contributed by atoms with van der Waals surface area (Å²) in [7, 11) is 0. The van der Waals surface area contributed by atoms with Gasteiger partial charge in [-0.15, -0.1) is 0 Å². The summed E-state index contributed by atoms with van der Waals surface area (Å²) in [5, 5.41) is 10.2. The van der Waals surface area contributed by atoms with Gasteiger partial charge in [-0.3, -0.25) is 0 Å². The summed E-state index contributed by atoms with van der Waals surface area (Å²) in [6.45, 7) is 1.40. The van der Waals surface area contributed by atoms with Crippen LogP contribution in [0.4, 0.5) is 8.78 Å². The van der Waals surface area contributed by atoms with Crippen molar-refractivity contribution in [2.75, 3.05) is 26.4 Å². The zero-order valence-electron chi connectivity index (χ0n) is 20.5. The van der Waals surface area contributed by atoms with E-state index in [1.54, 1.807) is 6.07 Å². The fourth-order valence-electron chi connectivity index (χ4n) is 5.13. The van der Waals surface area contributed by atoms with Crippen LogP contribution in [-0.2, 0) is 27.1 Å². The van der Waals surface area contributed by atoms with Gasteiger partial charge in [-0.25, -0.2) is 13.8 Å². The van der Waals surface area contributed by atoms with Crippen LogP contribution in [0.15, 0.2) is 18.2 Å². The van der Waals surface area contributed by atoms with Gasteiger partial charge in [-0.2, -0.15) is 4.98 Å². The number of aryl methyl sites for hydroxylation is 1. The third-order valence-electron chi connectivity index (χ3n) is 7.16. The van der Waals surface area contributed by atoms with E-state index in [0.717, 1.165) is 19.3 Å². The highest BCUT2D eigenvalue weighted by Crippen LogP contribution is 2.31. The summed E-state index contributed by atoms with van der Waals surface area (Å²) in [6, 6.07) is 4.26. The zero-order valence-corrected chi connectivity index (χ0v) is 21.3. The SMILES string of the molecule is O[C@@H]1CO[C@H]2[C@@H]1OC[C@H]2Oc1nc2nc(CCc3c(F)cc(OCC4CCCCO4)cc3F)c(Cl)cc2[nH]1. The van der Waals surface area contributed by atoms with E-state index in [2.05, 4.69) is 15.0 Å². The van der Waals surface area contributed by atoms with Crippen molar-refractivity contribution < 1.29 is 37.6 Å². The first-order valence-corrected chi connectivity index (χ1v) is 13.2. The van der Waals surface area contributed by atoms with Crippen LogP contribution >= 0.6 is 11.6 Å². The molecule has 3 saturated heterocycles. The molecule has 6 rings (SSSR count). The maximum absolute atomic E-state index is 14.8. The lowest BCUT2D eigenvalue weighted by atomic mass is 10.1.